The smallest absolute Gasteiger partial charge is 0.258 e. The first kappa shape index (κ1) is 17.3. The van der Waals surface area contributed by atoms with Crippen LogP contribution < -0.4 is 10.1 Å². The number of rotatable bonds is 6. The Hall–Kier alpha value is -2.04. The van der Waals surface area contributed by atoms with E-state index in [1.165, 1.54) is 0 Å². The molecule has 0 unspecified atom stereocenters. The van der Waals surface area contributed by atoms with Gasteiger partial charge >= 0.3 is 0 Å². The van der Waals surface area contributed by atoms with Crippen molar-refractivity contribution in [2.45, 2.75) is 45.6 Å². The molecule has 2 rings (SSSR count). The van der Waals surface area contributed by atoms with Crippen LogP contribution in [0.5, 0.6) is 5.75 Å². The molecule has 1 aromatic rings. The van der Waals surface area contributed by atoms with Gasteiger partial charge in [0, 0.05) is 25.6 Å². The van der Waals surface area contributed by atoms with Crippen molar-refractivity contribution in [3.8, 4) is 5.75 Å². The monoisotopic (exact) mass is 318 g/mol. The lowest BCUT2D eigenvalue weighted by molar-refractivity contribution is -0.132. The van der Waals surface area contributed by atoms with Gasteiger partial charge in [0.15, 0.2) is 6.61 Å². The first-order chi connectivity index (χ1) is 11.1. The van der Waals surface area contributed by atoms with Crippen LogP contribution in [0.15, 0.2) is 24.3 Å². The van der Waals surface area contributed by atoms with Gasteiger partial charge in [0.1, 0.15) is 5.75 Å². The molecule has 0 saturated carbocycles. The number of benzene rings is 1. The van der Waals surface area contributed by atoms with Gasteiger partial charge in [-0.05, 0) is 38.3 Å². The largest absolute Gasteiger partial charge is 0.484 e. The second-order valence-electron chi connectivity index (χ2n) is 6.07. The molecule has 126 valence electrons. The number of ether oxygens (including phenoxy) is 1. The van der Waals surface area contributed by atoms with E-state index in [0.717, 1.165) is 37.9 Å². The van der Waals surface area contributed by atoms with Gasteiger partial charge in [0.05, 0.1) is 0 Å². The van der Waals surface area contributed by atoms with Gasteiger partial charge in [-0.1, -0.05) is 24.6 Å². The number of hydrogen-bond acceptors (Lipinski definition) is 3. The van der Waals surface area contributed by atoms with Crippen LogP contribution in [0.3, 0.4) is 0 Å². The van der Waals surface area contributed by atoms with E-state index in [9.17, 15) is 9.59 Å². The first-order valence-electron chi connectivity index (χ1n) is 8.35. The predicted molar refractivity (Wildman–Crippen MR) is 89.3 cm³/mol. The predicted octanol–water partition coefficient (Wildman–Crippen LogP) is 2.28. The maximum Gasteiger partial charge on any atom is 0.258 e. The molecular weight excluding hydrogens is 292 g/mol. The van der Waals surface area contributed by atoms with Crippen molar-refractivity contribution in [1.82, 2.24) is 10.2 Å². The van der Waals surface area contributed by atoms with Crippen LogP contribution in [0.25, 0.3) is 0 Å². The number of nitrogens with one attached hydrogen (secondary N) is 1. The Morgan fingerprint density at radius 1 is 1.22 bits per heavy atom. The fourth-order valence-corrected chi connectivity index (χ4v) is 2.70. The molecule has 1 fully saturated rings. The van der Waals surface area contributed by atoms with Crippen molar-refractivity contribution in [1.29, 1.82) is 0 Å². The van der Waals surface area contributed by atoms with Crippen LogP contribution in [0.4, 0.5) is 0 Å². The summed E-state index contributed by atoms with van der Waals surface area (Å²) < 4.78 is 5.48. The average Bonchev–Trinajstić information content (AvgIpc) is 2.55. The minimum absolute atomic E-state index is 0.0258. The van der Waals surface area contributed by atoms with E-state index in [2.05, 4.69) is 5.32 Å². The highest BCUT2D eigenvalue weighted by atomic mass is 16.5. The number of carbonyl (C=O) groups is 2. The summed E-state index contributed by atoms with van der Waals surface area (Å²) in [5, 5.41) is 2.99. The van der Waals surface area contributed by atoms with Crippen LogP contribution >= 0.6 is 0 Å². The fraction of sp³-hybridized carbons (Fsp3) is 0.556. The Morgan fingerprint density at radius 2 is 1.87 bits per heavy atom. The lowest BCUT2D eigenvalue weighted by Crippen LogP contribution is -2.47. The lowest BCUT2D eigenvalue weighted by Gasteiger charge is -2.32. The molecule has 23 heavy (non-hydrogen) atoms. The Kier molecular flexibility index (Phi) is 6.44. The third-order valence-corrected chi connectivity index (χ3v) is 4.07. The summed E-state index contributed by atoms with van der Waals surface area (Å²) in [6.45, 7) is 5.50. The molecule has 1 N–H and O–H groups in total. The first-order valence-corrected chi connectivity index (χ1v) is 8.35. The van der Waals surface area contributed by atoms with Gasteiger partial charge in [-0.25, -0.2) is 0 Å². The highest BCUT2D eigenvalue weighted by Gasteiger charge is 2.23. The van der Waals surface area contributed by atoms with Crippen LogP contribution in [-0.4, -0.2) is 42.5 Å². The van der Waals surface area contributed by atoms with Gasteiger partial charge in [0.25, 0.3) is 5.91 Å². The van der Waals surface area contributed by atoms with Crippen LogP contribution in [-0.2, 0) is 9.59 Å². The summed E-state index contributed by atoms with van der Waals surface area (Å²) in [6.07, 6.45) is 3.12. The van der Waals surface area contributed by atoms with E-state index in [1.807, 2.05) is 43.0 Å². The number of hydrogen-bond donors (Lipinski definition) is 1. The number of amides is 2. The highest BCUT2D eigenvalue weighted by molar-refractivity contribution is 5.78. The van der Waals surface area contributed by atoms with E-state index < -0.39 is 0 Å². The van der Waals surface area contributed by atoms with E-state index in [-0.39, 0.29) is 24.5 Å². The van der Waals surface area contributed by atoms with Gasteiger partial charge in [-0.3, -0.25) is 9.59 Å². The lowest BCUT2D eigenvalue weighted by atomic mass is 10.0. The Labute approximate surface area is 138 Å². The summed E-state index contributed by atoms with van der Waals surface area (Å²) >= 11 is 0. The molecule has 5 heteroatoms. The molecule has 0 bridgehead atoms. The van der Waals surface area contributed by atoms with Crippen molar-refractivity contribution < 1.29 is 14.3 Å². The number of piperidine rings is 1. The minimum Gasteiger partial charge on any atom is -0.484 e. The van der Waals surface area contributed by atoms with Crippen molar-refractivity contribution in [2.75, 3.05) is 19.7 Å². The van der Waals surface area contributed by atoms with Crippen LogP contribution in [0.2, 0.25) is 0 Å². The van der Waals surface area contributed by atoms with Crippen molar-refractivity contribution in [2.24, 2.45) is 0 Å². The second-order valence-corrected chi connectivity index (χ2v) is 6.07. The molecule has 1 aromatic carbocycles. The fourth-order valence-electron chi connectivity index (χ4n) is 2.70. The van der Waals surface area contributed by atoms with E-state index in [1.54, 1.807) is 0 Å². The summed E-state index contributed by atoms with van der Waals surface area (Å²) in [7, 11) is 0. The molecule has 2 amide bonds. The maximum absolute atomic E-state index is 12.0. The van der Waals surface area contributed by atoms with Crippen molar-refractivity contribution in [3.05, 3.63) is 29.8 Å². The highest BCUT2D eigenvalue weighted by Crippen LogP contribution is 2.13. The van der Waals surface area contributed by atoms with Gasteiger partial charge in [0.2, 0.25) is 5.91 Å². The van der Waals surface area contributed by atoms with Crippen LogP contribution in [0, 0.1) is 6.92 Å². The van der Waals surface area contributed by atoms with Crippen molar-refractivity contribution in [3.63, 3.8) is 0 Å². The maximum atomic E-state index is 12.0. The molecule has 0 atom stereocenters. The van der Waals surface area contributed by atoms with Crippen molar-refractivity contribution >= 4 is 11.8 Å². The second kappa shape index (κ2) is 8.56. The quantitative estimate of drug-likeness (QED) is 0.875. The van der Waals surface area contributed by atoms with E-state index in [0.29, 0.717) is 12.2 Å². The topological polar surface area (TPSA) is 58.6 Å². The third kappa shape index (κ3) is 5.58. The summed E-state index contributed by atoms with van der Waals surface area (Å²) in [6, 6.07) is 7.77. The third-order valence-electron chi connectivity index (χ3n) is 4.07. The molecule has 1 saturated heterocycles. The Bertz CT molecular complexity index is 520. The molecule has 0 aliphatic carbocycles. The number of likely N-dealkylation sites (tertiary alicyclic amines) is 1. The zero-order chi connectivity index (χ0) is 16.7. The molecule has 1 aliphatic rings. The SMILES string of the molecule is CCCC(=O)N1CCC(NC(=O)COc2ccc(C)cc2)CC1. The molecule has 0 spiro atoms. The van der Waals surface area contributed by atoms with Gasteiger partial charge in [-0.15, -0.1) is 0 Å². The zero-order valence-corrected chi connectivity index (χ0v) is 14.0. The molecule has 0 aromatic heterocycles. The number of aryl methyl sites for hydroxylation is 1. The normalized spacial score (nSPS) is 15.3. The molecule has 5 nitrogen and oxygen atoms in total. The number of nitrogens with zero attached hydrogens (tertiary/aromatic N) is 1. The zero-order valence-electron chi connectivity index (χ0n) is 14.0. The van der Waals surface area contributed by atoms with Gasteiger partial charge in [-0.2, -0.15) is 0 Å². The summed E-state index contributed by atoms with van der Waals surface area (Å²) in [5.74, 6) is 0.814. The molecule has 0 radical (unpaired) electrons. The summed E-state index contributed by atoms with van der Waals surface area (Å²) in [5.41, 5.74) is 1.16. The standard InChI is InChI=1S/C18H26N2O3/c1-3-4-18(22)20-11-9-15(10-12-20)19-17(21)13-23-16-7-5-14(2)6-8-16/h5-8,15H,3-4,9-13H2,1-2H3,(H,19,21). The van der Waals surface area contributed by atoms with Gasteiger partial charge < -0.3 is 15.0 Å². The molecule has 1 heterocycles. The Morgan fingerprint density at radius 3 is 2.48 bits per heavy atom. The van der Waals surface area contributed by atoms with E-state index >= 15 is 0 Å². The molecule has 1 aliphatic heterocycles. The Balaban J connectivity index is 1.68. The van der Waals surface area contributed by atoms with Crippen LogP contribution in [0.1, 0.15) is 38.2 Å². The minimum atomic E-state index is -0.107. The van der Waals surface area contributed by atoms with E-state index in [4.69, 9.17) is 4.74 Å². The summed E-state index contributed by atoms with van der Waals surface area (Å²) in [4.78, 5) is 25.7. The average molecular weight is 318 g/mol. The number of carbonyl (C=O) groups excluding carboxylic acids is 2. The molecular formula is C18H26N2O3.